The Morgan fingerprint density at radius 2 is 2.12 bits per heavy atom. The molecule has 1 aliphatic carbocycles. The van der Waals surface area contributed by atoms with E-state index in [0.29, 0.717) is 11.3 Å². The number of hydrogen-bond donors (Lipinski definition) is 1. The first-order valence-corrected chi connectivity index (χ1v) is 8.03. The lowest BCUT2D eigenvalue weighted by Crippen LogP contribution is -2.33. The van der Waals surface area contributed by atoms with Crippen LogP contribution < -0.4 is 11.0 Å². The van der Waals surface area contributed by atoms with E-state index in [1.54, 1.807) is 13.0 Å². The quantitative estimate of drug-likeness (QED) is 0.830. The van der Waals surface area contributed by atoms with Gasteiger partial charge in [-0.3, -0.25) is 9.59 Å². The molecule has 0 unspecified atom stereocenters. The van der Waals surface area contributed by atoms with Crippen molar-refractivity contribution in [2.45, 2.75) is 52.2 Å². The number of hydrogen-bond acceptors (Lipinski definition) is 5. The molecule has 1 aromatic heterocycles. The zero-order valence-corrected chi connectivity index (χ0v) is 14.1. The number of ether oxygens (including phenoxy) is 1. The number of aryl methyl sites for hydroxylation is 1. The van der Waals surface area contributed by atoms with Gasteiger partial charge in [0, 0.05) is 24.1 Å². The summed E-state index contributed by atoms with van der Waals surface area (Å²) >= 11 is 0. The van der Waals surface area contributed by atoms with E-state index in [9.17, 15) is 14.9 Å². The fourth-order valence-corrected chi connectivity index (χ4v) is 2.81. The van der Waals surface area contributed by atoms with Gasteiger partial charge in [0.1, 0.15) is 18.2 Å². The SMILES string of the molecule is COCc1cc(C)n(CC(=O)NN=C2CCCCC2)c(=O)c1C#N. The molecule has 0 spiro atoms. The number of nitrogens with zero attached hydrogens (tertiary/aromatic N) is 3. The fraction of sp³-hybridized carbons (Fsp3) is 0.529. The van der Waals surface area contributed by atoms with Crippen LogP contribution in [-0.4, -0.2) is 23.3 Å². The maximum absolute atomic E-state index is 12.4. The number of carbonyl (C=O) groups is 1. The summed E-state index contributed by atoms with van der Waals surface area (Å²) < 4.78 is 6.30. The molecule has 0 aliphatic heterocycles. The second kappa shape index (κ2) is 8.41. The predicted octanol–water partition coefficient (Wildman–Crippen LogP) is 1.61. The van der Waals surface area contributed by atoms with E-state index in [2.05, 4.69) is 10.5 Å². The molecular weight excluding hydrogens is 308 g/mol. The Balaban J connectivity index is 2.15. The summed E-state index contributed by atoms with van der Waals surface area (Å²) in [4.78, 5) is 24.5. The molecule has 1 fully saturated rings. The summed E-state index contributed by atoms with van der Waals surface area (Å²) in [7, 11) is 1.50. The summed E-state index contributed by atoms with van der Waals surface area (Å²) in [5, 5.41) is 13.4. The van der Waals surface area contributed by atoms with Gasteiger partial charge in [0.2, 0.25) is 0 Å². The summed E-state index contributed by atoms with van der Waals surface area (Å²) in [6.07, 6.45) is 5.21. The molecule has 2 rings (SSSR count). The van der Waals surface area contributed by atoms with Crippen LogP contribution in [0.25, 0.3) is 0 Å². The minimum absolute atomic E-state index is 0.00819. The van der Waals surface area contributed by atoms with Crippen molar-refractivity contribution < 1.29 is 9.53 Å². The summed E-state index contributed by atoms with van der Waals surface area (Å²) in [6, 6.07) is 3.60. The number of amides is 1. The number of aromatic nitrogens is 1. The van der Waals surface area contributed by atoms with Crippen molar-refractivity contribution in [3.63, 3.8) is 0 Å². The Morgan fingerprint density at radius 1 is 1.42 bits per heavy atom. The monoisotopic (exact) mass is 330 g/mol. The van der Waals surface area contributed by atoms with Gasteiger partial charge in [0.15, 0.2) is 0 Å². The Hall–Kier alpha value is -2.46. The van der Waals surface area contributed by atoms with E-state index in [4.69, 9.17) is 4.74 Å². The molecule has 0 radical (unpaired) electrons. The molecule has 0 aromatic carbocycles. The molecule has 0 atom stereocenters. The van der Waals surface area contributed by atoms with Crippen LogP contribution in [0.1, 0.15) is 48.9 Å². The Bertz CT molecular complexity index is 735. The third-order valence-electron chi connectivity index (χ3n) is 4.07. The highest BCUT2D eigenvalue weighted by Crippen LogP contribution is 2.14. The lowest BCUT2D eigenvalue weighted by atomic mass is 9.99. The average Bonchev–Trinajstić information content (AvgIpc) is 2.58. The number of rotatable bonds is 5. The predicted molar refractivity (Wildman–Crippen MR) is 89.5 cm³/mol. The van der Waals surface area contributed by atoms with Crippen LogP contribution in [0, 0.1) is 18.3 Å². The van der Waals surface area contributed by atoms with E-state index in [0.717, 1.165) is 31.4 Å². The van der Waals surface area contributed by atoms with Crippen molar-refractivity contribution in [1.82, 2.24) is 9.99 Å². The van der Waals surface area contributed by atoms with E-state index in [-0.39, 0.29) is 24.6 Å². The molecule has 0 saturated heterocycles. The van der Waals surface area contributed by atoms with E-state index in [1.807, 2.05) is 6.07 Å². The van der Waals surface area contributed by atoms with E-state index >= 15 is 0 Å². The highest BCUT2D eigenvalue weighted by atomic mass is 16.5. The lowest BCUT2D eigenvalue weighted by Gasteiger charge is -2.14. The van der Waals surface area contributed by atoms with Gasteiger partial charge in [-0.25, -0.2) is 5.43 Å². The highest BCUT2D eigenvalue weighted by Gasteiger charge is 2.15. The first kappa shape index (κ1) is 17.9. The van der Waals surface area contributed by atoms with Gasteiger partial charge in [-0.15, -0.1) is 0 Å². The summed E-state index contributed by atoms with van der Waals surface area (Å²) in [5.41, 5.74) is 4.17. The molecule has 1 aromatic rings. The van der Waals surface area contributed by atoms with Crippen LogP contribution in [0.4, 0.5) is 0 Å². The zero-order chi connectivity index (χ0) is 17.5. The number of carbonyl (C=O) groups excluding carboxylic acids is 1. The van der Waals surface area contributed by atoms with Crippen LogP contribution in [0.2, 0.25) is 0 Å². The molecule has 1 aliphatic rings. The minimum Gasteiger partial charge on any atom is -0.380 e. The van der Waals surface area contributed by atoms with Gasteiger partial charge in [-0.05, 0) is 38.7 Å². The average molecular weight is 330 g/mol. The second-order valence-corrected chi connectivity index (χ2v) is 5.90. The molecule has 24 heavy (non-hydrogen) atoms. The van der Waals surface area contributed by atoms with Crippen molar-refractivity contribution >= 4 is 11.6 Å². The fourth-order valence-electron chi connectivity index (χ4n) is 2.81. The molecule has 7 nitrogen and oxygen atoms in total. The highest BCUT2D eigenvalue weighted by molar-refractivity contribution is 5.86. The largest absolute Gasteiger partial charge is 0.380 e. The number of methoxy groups -OCH3 is 1. The van der Waals surface area contributed by atoms with Crippen molar-refractivity contribution in [2.75, 3.05) is 7.11 Å². The zero-order valence-electron chi connectivity index (χ0n) is 14.1. The number of pyridine rings is 1. The molecular formula is C17H22N4O3. The van der Waals surface area contributed by atoms with Crippen LogP contribution in [-0.2, 0) is 22.7 Å². The van der Waals surface area contributed by atoms with Crippen LogP contribution in [0.5, 0.6) is 0 Å². The number of nitrogens with one attached hydrogen (secondary N) is 1. The van der Waals surface area contributed by atoms with Crippen molar-refractivity contribution in [2.24, 2.45) is 5.10 Å². The van der Waals surface area contributed by atoms with Gasteiger partial charge >= 0.3 is 0 Å². The standard InChI is InChI=1S/C17H22N4O3/c1-12-8-13(11-24-2)15(9-18)17(23)21(12)10-16(22)20-19-14-6-4-3-5-7-14/h8H,3-7,10-11H2,1-2H3,(H,20,22). The second-order valence-electron chi connectivity index (χ2n) is 5.90. The molecule has 128 valence electrons. The third kappa shape index (κ3) is 4.30. The van der Waals surface area contributed by atoms with Crippen molar-refractivity contribution in [3.8, 4) is 6.07 Å². The summed E-state index contributed by atoms with van der Waals surface area (Å²) in [5.74, 6) is -0.373. The van der Waals surface area contributed by atoms with Gasteiger partial charge in [0.05, 0.1) is 6.61 Å². The van der Waals surface area contributed by atoms with Crippen molar-refractivity contribution in [1.29, 1.82) is 5.26 Å². The summed E-state index contributed by atoms with van der Waals surface area (Å²) in [6.45, 7) is 1.74. The molecule has 7 heteroatoms. The molecule has 1 amide bonds. The van der Waals surface area contributed by atoms with Crippen LogP contribution in [0.15, 0.2) is 16.0 Å². The number of hydrazone groups is 1. The van der Waals surface area contributed by atoms with Crippen molar-refractivity contribution in [3.05, 3.63) is 33.2 Å². The van der Waals surface area contributed by atoms with E-state index < -0.39 is 5.56 Å². The first-order valence-electron chi connectivity index (χ1n) is 8.03. The van der Waals surface area contributed by atoms with Crippen LogP contribution >= 0.6 is 0 Å². The Kier molecular flexibility index (Phi) is 6.27. The van der Waals surface area contributed by atoms with Gasteiger partial charge in [0.25, 0.3) is 11.5 Å². The molecule has 0 bridgehead atoms. The van der Waals surface area contributed by atoms with Gasteiger partial charge in [-0.2, -0.15) is 10.4 Å². The van der Waals surface area contributed by atoms with Crippen LogP contribution in [0.3, 0.4) is 0 Å². The first-order chi connectivity index (χ1) is 11.6. The van der Waals surface area contributed by atoms with Gasteiger partial charge in [-0.1, -0.05) is 6.42 Å². The third-order valence-corrected chi connectivity index (χ3v) is 4.07. The molecule has 1 N–H and O–H groups in total. The topological polar surface area (TPSA) is 96.5 Å². The molecule has 1 saturated carbocycles. The van der Waals surface area contributed by atoms with Gasteiger partial charge < -0.3 is 9.30 Å². The Labute approximate surface area is 140 Å². The maximum atomic E-state index is 12.4. The lowest BCUT2D eigenvalue weighted by molar-refractivity contribution is -0.121. The normalized spacial score (nSPS) is 14.1. The smallest absolute Gasteiger partial charge is 0.269 e. The Morgan fingerprint density at radius 3 is 2.75 bits per heavy atom. The minimum atomic E-state index is -0.481. The number of nitriles is 1. The van der Waals surface area contributed by atoms with E-state index in [1.165, 1.54) is 18.1 Å². The maximum Gasteiger partial charge on any atom is 0.269 e. The molecule has 1 heterocycles.